The van der Waals surface area contributed by atoms with Crippen LogP contribution in [0, 0.1) is 0 Å². The third-order valence-electron chi connectivity index (χ3n) is 8.86. The fourth-order valence-electron chi connectivity index (χ4n) is 6.70. The summed E-state index contributed by atoms with van der Waals surface area (Å²) in [6.45, 7) is 0. The summed E-state index contributed by atoms with van der Waals surface area (Å²) < 4.78 is 10.8. The number of pyridine rings is 4. The lowest BCUT2D eigenvalue weighted by Crippen LogP contribution is -1.94. The second-order valence-electron chi connectivity index (χ2n) is 11.6. The quantitative estimate of drug-likeness (QED) is 0.187. The van der Waals surface area contributed by atoms with E-state index in [1.165, 1.54) is 0 Å². The van der Waals surface area contributed by atoms with Crippen molar-refractivity contribution in [2.24, 2.45) is 0 Å². The Morgan fingerprint density at radius 2 is 1.04 bits per heavy atom. The molecule has 0 fully saturated rings. The number of ether oxygens (including phenoxy) is 1. The Balaban J connectivity index is 1.14. The molecule has 6 aromatic heterocycles. The van der Waals surface area contributed by atoms with E-state index in [0.717, 1.165) is 83.2 Å². The minimum Gasteiger partial charge on any atom is -0.457 e. The molecule has 0 aliphatic heterocycles. The lowest BCUT2D eigenvalue weighted by molar-refractivity contribution is 0.484. The fourth-order valence-corrected chi connectivity index (χ4v) is 6.70. The third-order valence-corrected chi connectivity index (χ3v) is 8.86. The molecule has 0 spiro atoms. The van der Waals surface area contributed by atoms with Gasteiger partial charge in [0.15, 0.2) is 0 Å². The number of benzene rings is 4. The van der Waals surface area contributed by atoms with Crippen LogP contribution in [0.2, 0.25) is 0 Å². The average Bonchev–Trinajstić information content (AvgIpc) is 3.80. The molecule has 7 heteroatoms. The summed E-state index contributed by atoms with van der Waals surface area (Å²) in [5.74, 6) is 1.43. The van der Waals surface area contributed by atoms with Crippen molar-refractivity contribution >= 4 is 54.9 Å². The molecule has 0 radical (unpaired) electrons. The molecule has 0 bridgehead atoms. The van der Waals surface area contributed by atoms with Gasteiger partial charge in [-0.15, -0.1) is 0 Å². The van der Waals surface area contributed by atoms with Crippen molar-refractivity contribution in [3.8, 4) is 34.0 Å². The van der Waals surface area contributed by atoms with Crippen LogP contribution in [-0.2, 0) is 0 Å². The van der Waals surface area contributed by atoms with Gasteiger partial charge in [-0.2, -0.15) is 0 Å². The Kier molecular flexibility index (Phi) is 5.44. The highest BCUT2D eigenvalue weighted by atomic mass is 16.5. The first-order valence-corrected chi connectivity index (χ1v) is 15.5. The predicted molar refractivity (Wildman–Crippen MR) is 187 cm³/mol. The molecule has 0 atom stereocenters. The number of hydrogen-bond donors (Lipinski definition) is 0. The van der Waals surface area contributed by atoms with Gasteiger partial charge in [-0.25, -0.2) is 15.0 Å². The van der Waals surface area contributed by atoms with Crippen molar-refractivity contribution in [3.05, 3.63) is 146 Å². The van der Waals surface area contributed by atoms with Gasteiger partial charge in [0.2, 0.25) is 0 Å². The molecule has 10 aromatic rings. The molecule has 0 N–H and O–H groups in total. The van der Waals surface area contributed by atoms with E-state index in [1.807, 2.05) is 73.1 Å². The lowest BCUT2D eigenvalue weighted by Gasteiger charge is -2.12. The zero-order chi connectivity index (χ0) is 30.9. The lowest BCUT2D eigenvalue weighted by atomic mass is 10.1. The Morgan fingerprint density at radius 3 is 1.77 bits per heavy atom. The summed E-state index contributed by atoms with van der Waals surface area (Å²) in [5, 5.41) is 5.11. The van der Waals surface area contributed by atoms with E-state index in [9.17, 15) is 0 Å². The van der Waals surface area contributed by atoms with Crippen molar-refractivity contribution in [1.82, 2.24) is 28.7 Å². The second kappa shape index (κ2) is 9.95. The van der Waals surface area contributed by atoms with Crippen LogP contribution in [0.25, 0.3) is 77.4 Å². The third kappa shape index (κ3) is 4.00. The van der Waals surface area contributed by atoms with Crippen LogP contribution in [0.15, 0.2) is 146 Å². The molecular formula is C40H24N6O. The van der Waals surface area contributed by atoms with Crippen LogP contribution >= 0.6 is 0 Å². The minimum atomic E-state index is 0.713. The number of fused-ring (bicyclic) bond motifs is 12. The summed E-state index contributed by atoms with van der Waals surface area (Å²) in [6, 6.07) is 40.9. The Bertz CT molecular complexity index is 2630. The van der Waals surface area contributed by atoms with Crippen molar-refractivity contribution < 1.29 is 4.74 Å². The average molecular weight is 605 g/mol. The van der Waals surface area contributed by atoms with Gasteiger partial charge < -0.3 is 4.74 Å². The molecule has 0 saturated carbocycles. The van der Waals surface area contributed by atoms with Gasteiger partial charge in [-0.3, -0.25) is 13.8 Å². The van der Waals surface area contributed by atoms with Gasteiger partial charge >= 0.3 is 0 Å². The van der Waals surface area contributed by atoms with Gasteiger partial charge in [0.25, 0.3) is 0 Å². The van der Waals surface area contributed by atoms with Gasteiger partial charge in [-0.05, 0) is 66.0 Å². The molecular weight excluding hydrogens is 580 g/mol. The molecule has 220 valence electrons. The summed E-state index contributed by atoms with van der Waals surface area (Å²) in [5.41, 5.74) is 8.40. The van der Waals surface area contributed by atoms with E-state index >= 15 is 0 Å². The smallest absolute Gasteiger partial charge is 0.147 e. The molecule has 0 amide bonds. The van der Waals surface area contributed by atoms with Crippen molar-refractivity contribution in [1.29, 1.82) is 0 Å². The molecule has 0 aliphatic rings. The fraction of sp³-hybridized carbons (Fsp3) is 0. The number of imidazole rings is 2. The van der Waals surface area contributed by atoms with Crippen molar-refractivity contribution in [2.45, 2.75) is 0 Å². The minimum absolute atomic E-state index is 0.713. The highest BCUT2D eigenvalue weighted by molar-refractivity contribution is 6.12. The Labute approximate surface area is 268 Å². The molecule has 6 heterocycles. The highest BCUT2D eigenvalue weighted by Gasteiger charge is 2.17. The summed E-state index contributed by atoms with van der Waals surface area (Å²) in [7, 11) is 0. The topological polar surface area (TPSA) is 69.6 Å². The molecule has 0 unspecified atom stereocenters. The zero-order valence-corrected chi connectivity index (χ0v) is 24.9. The maximum atomic E-state index is 6.59. The highest BCUT2D eigenvalue weighted by Crippen LogP contribution is 2.37. The standard InChI is InChI=1S/C40H24N6O/c1-3-9-25(10-4-1)34-23-45-36-14-8-19-41-37(36)30-18-16-28(22-33(30)39(45)43-34)47-27-15-17-29-31-13-7-20-42-38(31)46-24-35(26-11-5-2-6-12-26)44-40(46)32(29)21-27/h1-24H. The van der Waals surface area contributed by atoms with Crippen LogP contribution < -0.4 is 4.74 Å². The Hall–Kier alpha value is -6.60. The maximum Gasteiger partial charge on any atom is 0.147 e. The monoisotopic (exact) mass is 604 g/mol. The summed E-state index contributed by atoms with van der Waals surface area (Å²) in [6.07, 6.45) is 7.81. The van der Waals surface area contributed by atoms with Crippen LogP contribution in [0.1, 0.15) is 0 Å². The van der Waals surface area contributed by atoms with Crippen LogP contribution in [0.3, 0.4) is 0 Å². The maximum absolute atomic E-state index is 6.59. The van der Waals surface area contributed by atoms with Crippen LogP contribution in [-0.4, -0.2) is 28.7 Å². The molecule has 47 heavy (non-hydrogen) atoms. The number of hydrogen-bond acceptors (Lipinski definition) is 5. The number of rotatable bonds is 4. The van der Waals surface area contributed by atoms with E-state index in [2.05, 4.69) is 81.9 Å². The van der Waals surface area contributed by atoms with E-state index in [1.54, 1.807) is 0 Å². The van der Waals surface area contributed by atoms with Crippen molar-refractivity contribution in [2.75, 3.05) is 0 Å². The van der Waals surface area contributed by atoms with Crippen molar-refractivity contribution in [3.63, 3.8) is 0 Å². The van der Waals surface area contributed by atoms with E-state index < -0.39 is 0 Å². The van der Waals surface area contributed by atoms with Crippen LogP contribution in [0.4, 0.5) is 0 Å². The first-order chi connectivity index (χ1) is 23.3. The molecule has 0 saturated heterocycles. The number of aromatic nitrogens is 6. The van der Waals surface area contributed by atoms with E-state index in [-0.39, 0.29) is 0 Å². The summed E-state index contributed by atoms with van der Waals surface area (Å²) in [4.78, 5) is 19.7. The first kappa shape index (κ1) is 25.7. The number of nitrogens with zero attached hydrogens (tertiary/aromatic N) is 6. The summed E-state index contributed by atoms with van der Waals surface area (Å²) >= 11 is 0. The SMILES string of the molecule is c1ccc(-c2cn3c4cccnc4c4ccc(Oc5ccc6c7cccnc7n7cc(-c8ccccc8)nc7c6c5)cc4c3n2)cc1. The van der Waals surface area contributed by atoms with Gasteiger partial charge in [0.1, 0.15) is 28.4 Å². The van der Waals surface area contributed by atoms with Gasteiger partial charge in [0, 0.05) is 57.5 Å². The zero-order valence-electron chi connectivity index (χ0n) is 24.9. The predicted octanol–water partition coefficient (Wildman–Crippen LogP) is 9.51. The van der Waals surface area contributed by atoms with Crippen LogP contribution in [0.5, 0.6) is 11.5 Å². The molecule has 10 rings (SSSR count). The normalized spacial score (nSPS) is 11.8. The molecule has 4 aromatic carbocycles. The first-order valence-electron chi connectivity index (χ1n) is 15.5. The van der Waals surface area contributed by atoms with Gasteiger partial charge in [0.05, 0.1) is 22.4 Å². The van der Waals surface area contributed by atoms with Gasteiger partial charge in [-0.1, -0.05) is 60.7 Å². The molecule has 0 aliphatic carbocycles. The largest absolute Gasteiger partial charge is 0.457 e. The Morgan fingerprint density at radius 1 is 0.447 bits per heavy atom. The van der Waals surface area contributed by atoms with E-state index in [0.29, 0.717) is 5.75 Å². The second-order valence-corrected chi connectivity index (χ2v) is 11.6. The molecule has 7 nitrogen and oxygen atoms in total. The van der Waals surface area contributed by atoms with E-state index in [4.69, 9.17) is 24.7 Å².